The molecular weight excluding hydrogens is 356 g/mol. The van der Waals surface area contributed by atoms with Crippen molar-refractivity contribution in [3.63, 3.8) is 0 Å². The zero-order valence-electron chi connectivity index (χ0n) is 14.4. The standard InChI is InChI=1S/C19H31BrO3/c1-2-19(15-23-16-19)14-22-12-6-4-3-5-11-21-13-17-7-9-18(20)10-8-17/h7,9H,2-6,8,10-16H2,1H3. The van der Waals surface area contributed by atoms with Gasteiger partial charge in [-0.05, 0) is 42.2 Å². The van der Waals surface area contributed by atoms with E-state index < -0.39 is 0 Å². The van der Waals surface area contributed by atoms with Gasteiger partial charge in [0.05, 0.1) is 26.4 Å². The lowest BCUT2D eigenvalue weighted by atomic mass is 9.84. The molecule has 0 aromatic heterocycles. The maximum absolute atomic E-state index is 5.82. The van der Waals surface area contributed by atoms with E-state index in [0.29, 0.717) is 5.41 Å². The molecule has 0 saturated carbocycles. The predicted octanol–water partition coefficient (Wildman–Crippen LogP) is 5.01. The average molecular weight is 387 g/mol. The predicted molar refractivity (Wildman–Crippen MR) is 98.0 cm³/mol. The first-order valence-electron chi connectivity index (χ1n) is 9.01. The van der Waals surface area contributed by atoms with Crippen LogP contribution in [0.1, 0.15) is 51.9 Å². The third kappa shape index (κ3) is 7.08. The van der Waals surface area contributed by atoms with E-state index in [1.807, 2.05) is 0 Å². The highest BCUT2D eigenvalue weighted by atomic mass is 79.9. The van der Waals surface area contributed by atoms with Crippen LogP contribution in [0.2, 0.25) is 0 Å². The highest BCUT2D eigenvalue weighted by Crippen LogP contribution is 2.31. The summed E-state index contributed by atoms with van der Waals surface area (Å²) in [6.45, 7) is 7.40. The van der Waals surface area contributed by atoms with Crippen LogP contribution in [0.5, 0.6) is 0 Å². The van der Waals surface area contributed by atoms with Crippen LogP contribution in [0.3, 0.4) is 0 Å². The van der Waals surface area contributed by atoms with Gasteiger partial charge in [-0.2, -0.15) is 0 Å². The van der Waals surface area contributed by atoms with E-state index in [9.17, 15) is 0 Å². The Labute approximate surface area is 149 Å². The Kier molecular flexibility index (Phi) is 8.88. The van der Waals surface area contributed by atoms with Gasteiger partial charge in [0.2, 0.25) is 0 Å². The molecule has 0 radical (unpaired) electrons. The summed E-state index contributed by atoms with van der Waals surface area (Å²) in [6.07, 6.45) is 12.5. The molecule has 2 rings (SSSR count). The molecular formula is C19H31BrO3. The Bertz CT molecular complexity index is 394. The molecule has 0 bridgehead atoms. The second-order valence-corrected chi connectivity index (χ2v) is 7.82. The summed E-state index contributed by atoms with van der Waals surface area (Å²) in [5.74, 6) is 0. The highest BCUT2D eigenvalue weighted by molar-refractivity contribution is 9.11. The zero-order valence-corrected chi connectivity index (χ0v) is 16.0. The van der Waals surface area contributed by atoms with Crippen molar-refractivity contribution in [2.45, 2.75) is 51.9 Å². The molecule has 1 aliphatic heterocycles. The van der Waals surface area contributed by atoms with Crippen LogP contribution < -0.4 is 0 Å². The third-order valence-corrected chi connectivity index (χ3v) is 5.44. The molecule has 1 fully saturated rings. The Morgan fingerprint density at radius 1 is 1.04 bits per heavy atom. The molecule has 23 heavy (non-hydrogen) atoms. The molecule has 0 unspecified atom stereocenters. The summed E-state index contributed by atoms with van der Waals surface area (Å²) in [6, 6.07) is 0. The quantitative estimate of drug-likeness (QED) is 0.441. The lowest BCUT2D eigenvalue weighted by molar-refractivity contribution is -0.150. The van der Waals surface area contributed by atoms with Crippen LogP contribution in [0.15, 0.2) is 22.2 Å². The van der Waals surface area contributed by atoms with Crippen LogP contribution in [-0.4, -0.2) is 39.6 Å². The number of halogens is 1. The van der Waals surface area contributed by atoms with Crippen molar-refractivity contribution in [3.8, 4) is 0 Å². The molecule has 0 aromatic carbocycles. The van der Waals surface area contributed by atoms with E-state index in [1.54, 1.807) is 0 Å². The van der Waals surface area contributed by atoms with Crippen LogP contribution in [0.4, 0.5) is 0 Å². The topological polar surface area (TPSA) is 27.7 Å². The molecule has 0 spiro atoms. The Morgan fingerprint density at radius 3 is 2.35 bits per heavy atom. The monoisotopic (exact) mass is 386 g/mol. The van der Waals surface area contributed by atoms with Gasteiger partial charge in [0.15, 0.2) is 0 Å². The molecule has 1 heterocycles. The van der Waals surface area contributed by atoms with E-state index in [2.05, 4.69) is 35.0 Å². The molecule has 0 aromatic rings. The Hall–Kier alpha value is -0.160. The van der Waals surface area contributed by atoms with E-state index in [-0.39, 0.29) is 0 Å². The number of allylic oxidation sites excluding steroid dienone is 3. The fourth-order valence-electron chi connectivity index (χ4n) is 2.81. The minimum absolute atomic E-state index is 0.326. The zero-order chi connectivity index (χ0) is 16.4. The molecule has 4 heteroatoms. The largest absolute Gasteiger partial charge is 0.381 e. The van der Waals surface area contributed by atoms with Crippen molar-refractivity contribution in [2.75, 3.05) is 39.6 Å². The fourth-order valence-corrected chi connectivity index (χ4v) is 3.14. The van der Waals surface area contributed by atoms with Crippen molar-refractivity contribution >= 4 is 15.9 Å². The number of rotatable bonds is 12. The average Bonchev–Trinajstić information content (AvgIpc) is 2.53. The number of hydrogen-bond donors (Lipinski definition) is 0. The second-order valence-electron chi connectivity index (χ2n) is 6.80. The van der Waals surface area contributed by atoms with Crippen molar-refractivity contribution in [2.24, 2.45) is 5.41 Å². The summed E-state index contributed by atoms with van der Waals surface area (Å²) < 4.78 is 18.2. The van der Waals surface area contributed by atoms with Crippen LogP contribution >= 0.6 is 15.9 Å². The Balaban J connectivity index is 1.36. The number of hydrogen-bond acceptors (Lipinski definition) is 3. The summed E-state index contributed by atoms with van der Waals surface area (Å²) in [7, 11) is 0. The molecule has 3 nitrogen and oxygen atoms in total. The fraction of sp³-hybridized carbons (Fsp3) is 0.789. The Morgan fingerprint density at radius 2 is 1.78 bits per heavy atom. The number of ether oxygens (including phenoxy) is 3. The first-order chi connectivity index (χ1) is 11.2. The minimum Gasteiger partial charge on any atom is -0.381 e. The van der Waals surface area contributed by atoms with Crippen LogP contribution in [0, 0.1) is 5.41 Å². The number of unbranched alkanes of at least 4 members (excludes halogenated alkanes) is 3. The smallest absolute Gasteiger partial charge is 0.0679 e. The summed E-state index contributed by atoms with van der Waals surface area (Å²) >= 11 is 3.53. The molecule has 0 atom stereocenters. The molecule has 2 aliphatic rings. The summed E-state index contributed by atoms with van der Waals surface area (Å²) in [4.78, 5) is 0. The SMILES string of the molecule is CCC1(COCCCCCCOCC2=CC=C(Br)CC2)COC1. The highest BCUT2D eigenvalue weighted by Gasteiger charge is 2.36. The maximum atomic E-state index is 5.82. The lowest BCUT2D eigenvalue weighted by Crippen LogP contribution is -2.45. The van der Waals surface area contributed by atoms with E-state index in [1.165, 1.54) is 22.9 Å². The van der Waals surface area contributed by atoms with Gasteiger partial charge in [-0.1, -0.05) is 47.8 Å². The first-order valence-corrected chi connectivity index (χ1v) is 9.81. The van der Waals surface area contributed by atoms with Gasteiger partial charge in [-0.25, -0.2) is 0 Å². The molecule has 1 aliphatic carbocycles. The van der Waals surface area contributed by atoms with Crippen molar-refractivity contribution < 1.29 is 14.2 Å². The van der Waals surface area contributed by atoms with Gasteiger partial charge in [0.1, 0.15) is 0 Å². The van der Waals surface area contributed by atoms with E-state index in [0.717, 1.165) is 71.7 Å². The van der Waals surface area contributed by atoms with Crippen LogP contribution in [-0.2, 0) is 14.2 Å². The van der Waals surface area contributed by atoms with Crippen molar-refractivity contribution in [1.82, 2.24) is 0 Å². The van der Waals surface area contributed by atoms with Gasteiger partial charge >= 0.3 is 0 Å². The van der Waals surface area contributed by atoms with Gasteiger partial charge in [0.25, 0.3) is 0 Å². The van der Waals surface area contributed by atoms with Gasteiger partial charge < -0.3 is 14.2 Å². The minimum atomic E-state index is 0.326. The third-order valence-electron chi connectivity index (χ3n) is 4.77. The first kappa shape index (κ1) is 19.2. The van der Waals surface area contributed by atoms with Gasteiger partial charge in [-0.3, -0.25) is 0 Å². The molecule has 0 N–H and O–H groups in total. The van der Waals surface area contributed by atoms with E-state index >= 15 is 0 Å². The molecule has 1 saturated heterocycles. The van der Waals surface area contributed by atoms with Gasteiger partial charge in [-0.15, -0.1) is 0 Å². The molecule has 132 valence electrons. The van der Waals surface area contributed by atoms with Crippen molar-refractivity contribution in [1.29, 1.82) is 0 Å². The van der Waals surface area contributed by atoms with Crippen LogP contribution in [0.25, 0.3) is 0 Å². The second kappa shape index (κ2) is 10.7. The normalized spacial score (nSPS) is 19.9. The van der Waals surface area contributed by atoms with E-state index in [4.69, 9.17) is 14.2 Å². The lowest BCUT2D eigenvalue weighted by Gasteiger charge is -2.40. The van der Waals surface area contributed by atoms with Crippen molar-refractivity contribution in [3.05, 3.63) is 22.2 Å². The van der Waals surface area contributed by atoms with Gasteiger partial charge in [0, 0.05) is 18.6 Å². The maximum Gasteiger partial charge on any atom is 0.0679 e. The molecule has 0 amide bonds. The summed E-state index contributed by atoms with van der Waals surface area (Å²) in [5.41, 5.74) is 1.73. The summed E-state index contributed by atoms with van der Waals surface area (Å²) in [5, 5.41) is 0.